The molecule has 5 heteroatoms. The van der Waals surface area contributed by atoms with Crippen LogP contribution in [-0.4, -0.2) is 32.8 Å². The number of carbonyl (C=O) groups excluding carboxylic acids is 1. The van der Waals surface area contributed by atoms with Crippen LogP contribution in [0.2, 0.25) is 0 Å². The van der Waals surface area contributed by atoms with Crippen molar-refractivity contribution in [3.05, 3.63) is 29.8 Å². The molecule has 1 aromatic carbocycles. The van der Waals surface area contributed by atoms with Gasteiger partial charge in [0.2, 0.25) is 0 Å². The summed E-state index contributed by atoms with van der Waals surface area (Å²) in [7, 11) is 3.29. The molecule has 0 aromatic heterocycles. The molecule has 1 fully saturated rings. The van der Waals surface area contributed by atoms with Crippen molar-refractivity contribution in [2.75, 3.05) is 20.8 Å². The van der Waals surface area contributed by atoms with E-state index in [1.165, 1.54) is 25.7 Å². The van der Waals surface area contributed by atoms with Gasteiger partial charge in [0.15, 0.2) is 0 Å². The highest BCUT2D eigenvalue weighted by Crippen LogP contribution is 2.21. The summed E-state index contributed by atoms with van der Waals surface area (Å²) < 4.78 is 10.7. The summed E-state index contributed by atoms with van der Waals surface area (Å²) in [6.45, 7) is 0.433. The molecule has 1 unspecified atom stereocenters. The minimum atomic E-state index is -0.190. The van der Waals surface area contributed by atoms with Gasteiger partial charge in [0.25, 0.3) is 0 Å². The molecule has 0 spiro atoms. The Kier molecular flexibility index (Phi) is 7.20. The summed E-state index contributed by atoms with van der Waals surface area (Å²) >= 11 is 0. The summed E-state index contributed by atoms with van der Waals surface area (Å²) in [5.41, 5.74) is 0.988. The minimum Gasteiger partial charge on any atom is -0.497 e. The summed E-state index contributed by atoms with van der Waals surface area (Å²) in [5.74, 6) is 0.785. The van der Waals surface area contributed by atoms with Crippen molar-refractivity contribution in [3.8, 4) is 5.75 Å². The van der Waals surface area contributed by atoms with E-state index in [-0.39, 0.29) is 12.1 Å². The second-order valence-electron chi connectivity index (χ2n) is 6.04. The Labute approximate surface area is 138 Å². The molecular formula is C18H28N2O3. The maximum absolute atomic E-state index is 12.1. The van der Waals surface area contributed by atoms with E-state index in [2.05, 4.69) is 10.6 Å². The summed E-state index contributed by atoms with van der Waals surface area (Å²) in [6.07, 6.45) is 6.94. The van der Waals surface area contributed by atoms with Crippen LogP contribution < -0.4 is 15.4 Å². The maximum atomic E-state index is 12.1. The Balaban J connectivity index is 1.83. The molecule has 23 heavy (non-hydrogen) atoms. The Morgan fingerprint density at radius 1 is 1.22 bits per heavy atom. The number of methoxy groups -OCH3 is 2. The number of carbonyl (C=O) groups is 1. The standard InChI is InChI=1S/C18H28N2O3/c1-22-16-11-7-8-14(12-16)17(23-2)13-19-18(21)20-15-9-5-3-4-6-10-15/h7-8,11-12,15,17H,3-6,9-10,13H2,1-2H3,(H2,19,20,21). The molecule has 2 rings (SSSR count). The number of hydrogen-bond donors (Lipinski definition) is 2. The largest absolute Gasteiger partial charge is 0.497 e. The molecule has 2 amide bonds. The quantitative estimate of drug-likeness (QED) is 0.790. The first kappa shape index (κ1) is 17.6. The predicted octanol–water partition coefficient (Wildman–Crippen LogP) is 3.40. The van der Waals surface area contributed by atoms with Gasteiger partial charge in [-0.05, 0) is 30.5 Å². The van der Waals surface area contributed by atoms with Crippen LogP contribution in [0.15, 0.2) is 24.3 Å². The van der Waals surface area contributed by atoms with Crippen LogP contribution in [0.1, 0.15) is 50.2 Å². The third kappa shape index (κ3) is 5.75. The highest BCUT2D eigenvalue weighted by atomic mass is 16.5. The first-order valence-corrected chi connectivity index (χ1v) is 8.44. The van der Waals surface area contributed by atoms with Crippen molar-refractivity contribution in [3.63, 3.8) is 0 Å². The van der Waals surface area contributed by atoms with E-state index in [1.807, 2.05) is 24.3 Å². The van der Waals surface area contributed by atoms with E-state index in [0.717, 1.165) is 24.2 Å². The molecule has 1 saturated carbocycles. The zero-order chi connectivity index (χ0) is 16.5. The first-order valence-electron chi connectivity index (χ1n) is 8.44. The van der Waals surface area contributed by atoms with Crippen LogP contribution in [0.3, 0.4) is 0 Å². The SMILES string of the molecule is COc1cccc(C(CNC(=O)NC2CCCCCC2)OC)c1. The lowest BCUT2D eigenvalue weighted by Gasteiger charge is -2.20. The van der Waals surface area contributed by atoms with Crippen molar-refractivity contribution >= 4 is 6.03 Å². The van der Waals surface area contributed by atoms with Crippen LogP contribution in [-0.2, 0) is 4.74 Å². The van der Waals surface area contributed by atoms with Crippen LogP contribution in [0.4, 0.5) is 4.79 Å². The molecule has 0 aliphatic heterocycles. The zero-order valence-corrected chi connectivity index (χ0v) is 14.1. The molecule has 0 heterocycles. The molecule has 1 aromatic rings. The molecule has 1 aliphatic carbocycles. The van der Waals surface area contributed by atoms with E-state index in [1.54, 1.807) is 14.2 Å². The molecule has 5 nitrogen and oxygen atoms in total. The van der Waals surface area contributed by atoms with Gasteiger partial charge in [0.05, 0.1) is 13.2 Å². The molecule has 128 valence electrons. The highest BCUT2D eigenvalue weighted by Gasteiger charge is 2.16. The monoisotopic (exact) mass is 320 g/mol. The summed E-state index contributed by atoms with van der Waals surface area (Å²) in [5, 5.41) is 6.00. The number of amides is 2. The van der Waals surface area contributed by atoms with Crippen LogP contribution >= 0.6 is 0 Å². The molecule has 0 radical (unpaired) electrons. The fourth-order valence-electron chi connectivity index (χ4n) is 3.02. The van der Waals surface area contributed by atoms with Crippen LogP contribution in [0, 0.1) is 0 Å². The van der Waals surface area contributed by atoms with Gasteiger partial charge in [-0.1, -0.05) is 37.8 Å². The van der Waals surface area contributed by atoms with E-state index in [4.69, 9.17) is 9.47 Å². The van der Waals surface area contributed by atoms with Crippen LogP contribution in [0.25, 0.3) is 0 Å². The van der Waals surface area contributed by atoms with Crippen molar-refractivity contribution in [2.24, 2.45) is 0 Å². The lowest BCUT2D eigenvalue weighted by Crippen LogP contribution is -2.43. The summed E-state index contributed by atoms with van der Waals surface area (Å²) in [4.78, 5) is 12.1. The number of benzene rings is 1. The fourth-order valence-corrected chi connectivity index (χ4v) is 3.02. The van der Waals surface area contributed by atoms with Gasteiger partial charge in [-0.15, -0.1) is 0 Å². The minimum absolute atomic E-state index is 0.109. The number of rotatable bonds is 6. The van der Waals surface area contributed by atoms with Gasteiger partial charge in [-0.25, -0.2) is 4.79 Å². The second-order valence-corrected chi connectivity index (χ2v) is 6.04. The van der Waals surface area contributed by atoms with E-state index in [9.17, 15) is 4.79 Å². The molecule has 0 bridgehead atoms. The first-order chi connectivity index (χ1) is 11.2. The Hall–Kier alpha value is -1.75. The Bertz CT molecular complexity index is 485. The average Bonchev–Trinajstić information content (AvgIpc) is 2.84. The van der Waals surface area contributed by atoms with Gasteiger partial charge in [-0.2, -0.15) is 0 Å². The third-order valence-corrected chi connectivity index (χ3v) is 4.39. The van der Waals surface area contributed by atoms with Gasteiger partial charge < -0.3 is 20.1 Å². The van der Waals surface area contributed by atoms with E-state index < -0.39 is 0 Å². The Morgan fingerprint density at radius 3 is 2.61 bits per heavy atom. The van der Waals surface area contributed by atoms with Crippen LogP contribution in [0.5, 0.6) is 5.75 Å². The molecule has 0 saturated heterocycles. The van der Waals surface area contributed by atoms with E-state index >= 15 is 0 Å². The number of urea groups is 1. The zero-order valence-electron chi connectivity index (χ0n) is 14.1. The topological polar surface area (TPSA) is 59.6 Å². The summed E-state index contributed by atoms with van der Waals surface area (Å²) in [6, 6.07) is 7.91. The normalized spacial score (nSPS) is 17.1. The molecule has 1 aliphatic rings. The van der Waals surface area contributed by atoms with Crippen molar-refractivity contribution in [2.45, 2.75) is 50.7 Å². The van der Waals surface area contributed by atoms with Gasteiger partial charge in [-0.3, -0.25) is 0 Å². The second kappa shape index (κ2) is 9.40. The molecule has 2 N–H and O–H groups in total. The maximum Gasteiger partial charge on any atom is 0.315 e. The lowest BCUT2D eigenvalue weighted by molar-refractivity contribution is 0.103. The Morgan fingerprint density at radius 2 is 1.96 bits per heavy atom. The third-order valence-electron chi connectivity index (χ3n) is 4.39. The molecular weight excluding hydrogens is 292 g/mol. The van der Waals surface area contributed by atoms with E-state index in [0.29, 0.717) is 12.6 Å². The average molecular weight is 320 g/mol. The fraction of sp³-hybridized carbons (Fsp3) is 0.611. The van der Waals surface area contributed by atoms with Crippen molar-refractivity contribution < 1.29 is 14.3 Å². The van der Waals surface area contributed by atoms with Gasteiger partial charge in [0.1, 0.15) is 5.75 Å². The predicted molar refractivity (Wildman–Crippen MR) is 90.8 cm³/mol. The van der Waals surface area contributed by atoms with Gasteiger partial charge >= 0.3 is 6.03 Å². The highest BCUT2D eigenvalue weighted by molar-refractivity contribution is 5.74. The lowest BCUT2D eigenvalue weighted by atomic mass is 10.1. The van der Waals surface area contributed by atoms with Crippen molar-refractivity contribution in [1.29, 1.82) is 0 Å². The number of ether oxygens (including phenoxy) is 2. The van der Waals surface area contributed by atoms with Gasteiger partial charge in [0, 0.05) is 19.7 Å². The molecule has 1 atom stereocenters. The number of hydrogen-bond acceptors (Lipinski definition) is 3. The smallest absolute Gasteiger partial charge is 0.315 e. The number of nitrogens with one attached hydrogen (secondary N) is 2. The van der Waals surface area contributed by atoms with Crippen molar-refractivity contribution in [1.82, 2.24) is 10.6 Å².